The van der Waals surface area contributed by atoms with Gasteiger partial charge in [0.25, 0.3) is 0 Å². The number of hydrogen-bond acceptors (Lipinski definition) is 10. The van der Waals surface area contributed by atoms with Gasteiger partial charge in [-0.1, -0.05) is 39.5 Å². The molecule has 10 nitrogen and oxygen atoms in total. The first-order valence-corrected chi connectivity index (χ1v) is 24.7. The highest BCUT2D eigenvalue weighted by Gasteiger charge is 2.83. The molecule has 0 spiro atoms. The number of hydrogen-bond donors (Lipinski definition) is 5. The number of aliphatic hydroxyl groups is 5. The van der Waals surface area contributed by atoms with E-state index in [9.17, 15) is 39.9 Å². The van der Waals surface area contributed by atoms with Crippen molar-refractivity contribution in [2.75, 3.05) is 13.2 Å². The predicted octanol–water partition coefficient (Wildman–Crippen LogP) is 5.24. The molecule has 10 heteroatoms. The van der Waals surface area contributed by atoms with Crippen LogP contribution in [0.2, 0.25) is 0 Å². The van der Waals surface area contributed by atoms with Crippen molar-refractivity contribution in [3.05, 3.63) is 0 Å². The van der Waals surface area contributed by atoms with Gasteiger partial charge in [-0.05, 0) is 161 Å². The normalized spacial score (nSPS) is 59.0. The van der Waals surface area contributed by atoms with Crippen LogP contribution in [0.1, 0.15) is 131 Å². The van der Waals surface area contributed by atoms with Gasteiger partial charge in [0.2, 0.25) is 0 Å². The molecule has 12 aliphatic rings. The lowest BCUT2D eigenvalue weighted by molar-refractivity contribution is -0.233. The molecular formula is C52H70O10. The Hall–Kier alpha value is -2.47. The van der Waals surface area contributed by atoms with Crippen molar-refractivity contribution in [3.8, 4) is 23.7 Å². The van der Waals surface area contributed by atoms with Crippen LogP contribution in [0, 0.1) is 128 Å². The molecule has 0 radical (unpaired) electrons. The van der Waals surface area contributed by atoms with Crippen LogP contribution in [0.15, 0.2) is 0 Å². The molecule has 23 atom stereocenters. The molecule has 0 aliphatic heterocycles. The Morgan fingerprint density at radius 1 is 0.597 bits per heavy atom. The number of Topliss-reactive ketones (excluding diaryl/α,β-unsaturated/α-hetero) is 1. The zero-order valence-corrected chi connectivity index (χ0v) is 37.8. The Labute approximate surface area is 367 Å². The van der Waals surface area contributed by atoms with E-state index >= 15 is 0 Å². The average molecular weight is 855 g/mol. The predicted molar refractivity (Wildman–Crippen MR) is 226 cm³/mol. The molecule has 0 saturated heterocycles. The van der Waals surface area contributed by atoms with Crippen LogP contribution < -0.4 is 0 Å². The van der Waals surface area contributed by atoms with Gasteiger partial charge in [-0.15, -0.1) is 0 Å². The lowest BCUT2D eigenvalue weighted by Gasteiger charge is -2.64. The second-order valence-electron chi connectivity index (χ2n) is 24.1. The van der Waals surface area contributed by atoms with E-state index in [0.29, 0.717) is 85.0 Å². The first kappa shape index (κ1) is 42.2. The molecule has 0 amide bonds. The van der Waals surface area contributed by atoms with E-state index < -0.39 is 34.3 Å². The highest BCUT2D eigenvalue weighted by Crippen LogP contribution is 2.83. The Balaban J connectivity index is 0.000000139. The minimum absolute atomic E-state index is 0.141. The minimum atomic E-state index is -1.14. The van der Waals surface area contributed by atoms with Crippen LogP contribution in [-0.2, 0) is 23.9 Å². The smallest absolute Gasteiger partial charge is 0.384 e. The number of ether oxygens (including phenoxy) is 2. The molecule has 12 rings (SSSR count). The van der Waals surface area contributed by atoms with Crippen molar-refractivity contribution in [1.29, 1.82) is 0 Å². The second kappa shape index (κ2) is 13.1. The van der Waals surface area contributed by atoms with Crippen LogP contribution in [0.3, 0.4) is 0 Å². The molecule has 5 N–H and O–H groups in total. The van der Waals surface area contributed by atoms with Gasteiger partial charge in [0.05, 0.1) is 30.5 Å². The van der Waals surface area contributed by atoms with Gasteiger partial charge in [0.1, 0.15) is 17.0 Å². The van der Waals surface area contributed by atoms with E-state index in [1.807, 2.05) is 0 Å². The fourth-order valence-corrected chi connectivity index (χ4v) is 19.2. The third kappa shape index (κ3) is 5.12. The Morgan fingerprint density at radius 2 is 1.03 bits per heavy atom. The number of esters is 2. The van der Waals surface area contributed by atoms with Gasteiger partial charge in [0.15, 0.2) is 0 Å². The summed E-state index contributed by atoms with van der Waals surface area (Å²) in [5, 5.41) is 57.8. The number of carbonyl (C=O) groups is 3. The summed E-state index contributed by atoms with van der Waals surface area (Å²) in [6, 6.07) is 0. The molecule has 0 aromatic heterocycles. The van der Waals surface area contributed by atoms with Crippen LogP contribution >= 0.6 is 0 Å². The molecule has 12 fully saturated rings. The number of ketones is 1. The lowest BCUT2D eigenvalue weighted by Crippen LogP contribution is -2.65. The van der Waals surface area contributed by atoms with Gasteiger partial charge in [0, 0.05) is 59.2 Å². The van der Waals surface area contributed by atoms with E-state index in [1.54, 1.807) is 13.8 Å². The molecule has 0 heterocycles. The highest BCUT2D eigenvalue weighted by molar-refractivity contribution is 5.89. The Bertz CT molecular complexity index is 2120. The molecule has 12 aliphatic carbocycles. The monoisotopic (exact) mass is 854 g/mol. The third-order valence-corrected chi connectivity index (χ3v) is 22.3. The van der Waals surface area contributed by atoms with Gasteiger partial charge >= 0.3 is 11.9 Å². The molecule has 0 aromatic carbocycles. The maximum Gasteiger partial charge on any atom is 0.384 e. The maximum absolute atomic E-state index is 12.3. The summed E-state index contributed by atoms with van der Waals surface area (Å²) in [5.74, 6) is 15.7. The number of fused-ring (bicyclic) bond motifs is 20. The summed E-state index contributed by atoms with van der Waals surface area (Å²) in [7, 11) is 0. The molecule has 0 aromatic rings. The average Bonchev–Trinajstić information content (AvgIpc) is 4.03. The summed E-state index contributed by atoms with van der Waals surface area (Å²) in [6.45, 7) is 13.1. The fourth-order valence-electron chi connectivity index (χ4n) is 19.2. The van der Waals surface area contributed by atoms with E-state index in [-0.39, 0.29) is 63.8 Å². The van der Waals surface area contributed by atoms with Gasteiger partial charge < -0.3 is 35.0 Å². The zero-order chi connectivity index (χ0) is 43.9. The summed E-state index contributed by atoms with van der Waals surface area (Å²) in [6.07, 6.45) is 11.2. The molecule has 0 bridgehead atoms. The van der Waals surface area contributed by atoms with Crippen LogP contribution in [0.25, 0.3) is 0 Å². The quantitative estimate of drug-likeness (QED) is 0.141. The standard InChI is InChI=1S/C26H36O5.C26H34O5/c2*1-4-31-20(28)7-10-25(29)19-12-16(19)22-21-15-11-18(15)26(30)13-14(27)5-8-23(26,2)17(21)6-9-24(22,25)3/h14-19,21-22,27,29-30H,4-6,8-9,11-13H2,1-3H3;15-19,21-22,29-30H,4-6,8-9,11-13H2,1-3H3/t14-,15-,16+,17?,18+,19-,21?,22?,23+,24-,25-,26+;15-,16+,17?,18+,19-,21?,22?,23+,24-,25-,26+/m00/s1. The summed E-state index contributed by atoms with van der Waals surface area (Å²) in [4.78, 5) is 36.1. The highest BCUT2D eigenvalue weighted by atomic mass is 16.5. The first-order valence-electron chi connectivity index (χ1n) is 24.7. The van der Waals surface area contributed by atoms with Crippen molar-refractivity contribution >= 4 is 17.7 Å². The van der Waals surface area contributed by atoms with Gasteiger partial charge in [-0.2, -0.15) is 0 Å². The number of rotatable bonds is 2. The molecule has 338 valence electrons. The van der Waals surface area contributed by atoms with E-state index in [2.05, 4.69) is 51.4 Å². The van der Waals surface area contributed by atoms with Crippen LogP contribution in [0.5, 0.6) is 0 Å². The van der Waals surface area contributed by atoms with Crippen molar-refractivity contribution < 1.29 is 49.4 Å². The topological polar surface area (TPSA) is 171 Å². The summed E-state index contributed by atoms with van der Waals surface area (Å²) in [5.41, 5.74) is -4.86. The summed E-state index contributed by atoms with van der Waals surface area (Å²) >= 11 is 0. The van der Waals surface area contributed by atoms with Crippen molar-refractivity contribution in [1.82, 2.24) is 0 Å². The molecule has 12 saturated carbocycles. The minimum Gasteiger partial charge on any atom is -0.456 e. The first-order chi connectivity index (χ1) is 29.2. The maximum atomic E-state index is 12.3. The number of carbonyl (C=O) groups excluding carboxylic acids is 3. The van der Waals surface area contributed by atoms with Crippen molar-refractivity contribution in [3.63, 3.8) is 0 Å². The van der Waals surface area contributed by atoms with Crippen molar-refractivity contribution in [2.45, 2.75) is 160 Å². The zero-order valence-electron chi connectivity index (χ0n) is 37.8. The number of aliphatic hydroxyl groups excluding tert-OH is 1. The second-order valence-corrected chi connectivity index (χ2v) is 24.1. The molecule has 62 heavy (non-hydrogen) atoms. The summed E-state index contributed by atoms with van der Waals surface area (Å²) < 4.78 is 9.98. The third-order valence-electron chi connectivity index (χ3n) is 22.3. The van der Waals surface area contributed by atoms with Crippen LogP contribution in [-0.4, -0.2) is 85.0 Å². The SMILES string of the molecule is CCOC(=O)C#C[C@]1(O)[C@H]2C[C@H]2C2C3C(CC[C@@]21C)[C@@]1(C)CCC(=O)C[C@@]1(O)[C@@H]1C[C@H]31.CCOC(=O)C#C[C@]1(O)[C@H]2C[C@H]2C2C3C(CC[C@@]21C)[C@@]1(C)CC[C@H](O)C[C@@]1(O)[C@@H]1C[C@H]31. The van der Waals surface area contributed by atoms with Crippen LogP contribution in [0.4, 0.5) is 0 Å². The lowest BCUT2D eigenvalue weighted by atomic mass is 9.42. The molecular weight excluding hydrogens is 785 g/mol. The Kier molecular flexibility index (Phi) is 8.92. The fraction of sp³-hybridized carbons (Fsp3) is 0.865. The van der Waals surface area contributed by atoms with E-state index in [1.165, 1.54) is 0 Å². The van der Waals surface area contributed by atoms with Gasteiger partial charge in [-0.25, -0.2) is 9.59 Å². The largest absolute Gasteiger partial charge is 0.456 e. The van der Waals surface area contributed by atoms with E-state index in [4.69, 9.17) is 9.47 Å². The van der Waals surface area contributed by atoms with Gasteiger partial charge in [-0.3, -0.25) is 4.79 Å². The molecule has 6 unspecified atom stereocenters. The Morgan fingerprint density at radius 3 is 1.52 bits per heavy atom. The van der Waals surface area contributed by atoms with E-state index in [0.717, 1.165) is 70.6 Å². The van der Waals surface area contributed by atoms with Crippen molar-refractivity contribution in [2.24, 2.45) is 105 Å².